The van der Waals surface area contributed by atoms with E-state index in [-0.39, 0.29) is 12.5 Å². The maximum Gasteiger partial charge on any atom is 0.340 e. The summed E-state index contributed by atoms with van der Waals surface area (Å²) in [6.45, 7) is 1.09. The summed E-state index contributed by atoms with van der Waals surface area (Å²) in [5, 5.41) is 0. The van der Waals surface area contributed by atoms with Crippen LogP contribution in [0.15, 0.2) is 42.7 Å². The lowest BCUT2D eigenvalue weighted by Crippen LogP contribution is -2.30. The highest BCUT2D eigenvalue weighted by Crippen LogP contribution is 2.31. The Hall–Kier alpha value is -3.09. The van der Waals surface area contributed by atoms with Crippen LogP contribution in [0.3, 0.4) is 0 Å². The van der Waals surface area contributed by atoms with Gasteiger partial charge in [-0.05, 0) is 29.8 Å². The molecule has 25 heavy (non-hydrogen) atoms. The van der Waals surface area contributed by atoms with E-state index in [4.69, 9.17) is 14.2 Å². The van der Waals surface area contributed by atoms with E-state index >= 15 is 0 Å². The summed E-state index contributed by atoms with van der Waals surface area (Å²) in [7, 11) is 1.65. The molecule has 1 aliphatic heterocycles. The first-order chi connectivity index (χ1) is 12.1. The third-order valence-corrected chi connectivity index (χ3v) is 3.68. The number of carbonyl (C=O) groups excluding carboxylic acids is 2. The summed E-state index contributed by atoms with van der Waals surface area (Å²) in [6.07, 6.45) is 2.95. The number of pyridine rings is 1. The standard InChI is InChI=1S/C18H18N2O5/c1-20(11-13-4-5-15-16(9-13)24-8-7-23-15)17(21)12-25-18(22)14-3-2-6-19-10-14/h2-6,9-10H,7-8,11-12H2,1H3. The molecule has 0 unspecified atom stereocenters. The zero-order valence-electron chi connectivity index (χ0n) is 13.8. The largest absolute Gasteiger partial charge is 0.486 e. The number of nitrogens with zero attached hydrogens (tertiary/aromatic N) is 2. The monoisotopic (exact) mass is 342 g/mol. The summed E-state index contributed by atoms with van der Waals surface area (Å²) < 4.78 is 16.0. The zero-order valence-corrected chi connectivity index (χ0v) is 13.8. The van der Waals surface area contributed by atoms with E-state index in [1.54, 1.807) is 25.4 Å². The summed E-state index contributed by atoms with van der Waals surface area (Å²) in [5.41, 5.74) is 1.21. The minimum absolute atomic E-state index is 0.299. The maximum atomic E-state index is 12.1. The average molecular weight is 342 g/mol. The number of aromatic nitrogens is 1. The SMILES string of the molecule is CN(Cc1ccc2c(c1)OCCO2)C(=O)COC(=O)c1cccnc1. The maximum absolute atomic E-state index is 12.1. The van der Waals surface area contributed by atoms with Crippen molar-refractivity contribution < 1.29 is 23.8 Å². The molecule has 0 spiro atoms. The molecule has 0 saturated carbocycles. The molecule has 0 atom stereocenters. The van der Waals surface area contributed by atoms with E-state index in [1.807, 2.05) is 18.2 Å². The minimum atomic E-state index is -0.575. The molecule has 7 nitrogen and oxygen atoms in total. The van der Waals surface area contributed by atoms with Crippen molar-refractivity contribution >= 4 is 11.9 Å². The van der Waals surface area contributed by atoms with Crippen LogP contribution in [0.2, 0.25) is 0 Å². The van der Waals surface area contributed by atoms with Crippen LogP contribution in [0.25, 0.3) is 0 Å². The van der Waals surface area contributed by atoms with Gasteiger partial charge >= 0.3 is 5.97 Å². The zero-order chi connectivity index (χ0) is 17.6. The molecule has 130 valence electrons. The fraction of sp³-hybridized carbons (Fsp3) is 0.278. The van der Waals surface area contributed by atoms with Crippen molar-refractivity contribution in [3.05, 3.63) is 53.9 Å². The van der Waals surface area contributed by atoms with Crippen molar-refractivity contribution in [3.63, 3.8) is 0 Å². The highest BCUT2D eigenvalue weighted by molar-refractivity contribution is 5.90. The third-order valence-electron chi connectivity index (χ3n) is 3.68. The van der Waals surface area contributed by atoms with Crippen molar-refractivity contribution in [2.45, 2.75) is 6.54 Å². The van der Waals surface area contributed by atoms with Gasteiger partial charge in [-0.15, -0.1) is 0 Å². The quantitative estimate of drug-likeness (QED) is 0.769. The Morgan fingerprint density at radius 1 is 1.20 bits per heavy atom. The molecular weight excluding hydrogens is 324 g/mol. The van der Waals surface area contributed by atoms with Gasteiger partial charge in [0.1, 0.15) is 13.2 Å². The second-order valence-electron chi connectivity index (χ2n) is 5.55. The third kappa shape index (κ3) is 4.26. The Labute approximate surface area is 145 Å². The topological polar surface area (TPSA) is 78.0 Å². The second-order valence-corrected chi connectivity index (χ2v) is 5.55. The molecule has 1 aromatic heterocycles. The molecule has 7 heteroatoms. The number of benzene rings is 1. The molecule has 1 amide bonds. The first-order valence-corrected chi connectivity index (χ1v) is 7.83. The van der Waals surface area contributed by atoms with E-state index in [2.05, 4.69) is 4.98 Å². The van der Waals surface area contributed by atoms with Gasteiger partial charge in [0.25, 0.3) is 5.91 Å². The van der Waals surface area contributed by atoms with Crippen LogP contribution >= 0.6 is 0 Å². The van der Waals surface area contributed by atoms with Crippen LogP contribution < -0.4 is 9.47 Å². The van der Waals surface area contributed by atoms with Crippen LogP contribution in [0.1, 0.15) is 15.9 Å². The number of carbonyl (C=O) groups is 2. The van der Waals surface area contributed by atoms with Crippen molar-refractivity contribution in [2.24, 2.45) is 0 Å². The van der Waals surface area contributed by atoms with Gasteiger partial charge in [0, 0.05) is 26.0 Å². The van der Waals surface area contributed by atoms with E-state index in [0.717, 1.165) is 5.56 Å². The molecule has 3 rings (SSSR count). The Bertz CT molecular complexity index is 763. The predicted octanol–water partition coefficient (Wildman–Crippen LogP) is 1.67. The van der Waals surface area contributed by atoms with E-state index in [0.29, 0.717) is 36.8 Å². The minimum Gasteiger partial charge on any atom is -0.486 e. The molecule has 2 aromatic rings. The van der Waals surface area contributed by atoms with Crippen molar-refractivity contribution in [2.75, 3.05) is 26.9 Å². The second kappa shape index (κ2) is 7.65. The molecule has 0 radical (unpaired) electrons. The van der Waals surface area contributed by atoms with E-state index in [1.165, 1.54) is 11.1 Å². The summed E-state index contributed by atoms with van der Waals surface area (Å²) in [5.74, 6) is 0.503. The number of esters is 1. The first-order valence-electron chi connectivity index (χ1n) is 7.83. The lowest BCUT2D eigenvalue weighted by Gasteiger charge is -2.21. The van der Waals surface area contributed by atoms with Crippen LogP contribution in [0, 0.1) is 0 Å². The molecule has 0 N–H and O–H groups in total. The number of rotatable bonds is 5. The Morgan fingerprint density at radius 2 is 2.00 bits per heavy atom. The number of hydrogen-bond donors (Lipinski definition) is 0. The Balaban J connectivity index is 1.53. The fourth-order valence-electron chi connectivity index (χ4n) is 2.35. The summed E-state index contributed by atoms with van der Waals surface area (Å²) in [6, 6.07) is 8.76. The van der Waals surface area contributed by atoms with Gasteiger partial charge in [0.2, 0.25) is 0 Å². The number of amides is 1. The van der Waals surface area contributed by atoms with E-state index in [9.17, 15) is 9.59 Å². The van der Waals surface area contributed by atoms with Gasteiger partial charge < -0.3 is 19.1 Å². The first kappa shape index (κ1) is 16.8. The normalized spacial score (nSPS) is 12.4. The Kier molecular flexibility index (Phi) is 5.13. The highest BCUT2D eigenvalue weighted by atomic mass is 16.6. The van der Waals surface area contributed by atoms with Gasteiger partial charge in [-0.25, -0.2) is 4.79 Å². The highest BCUT2D eigenvalue weighted by Gasteiger charge is 2.16. The molecule has 0 bridgehead atoms. The Morgan fingerprint density at radius 3 is 2.76 bits per heavy atom. The van der Waals surface area contributed by atoms with Crippen LogP contribution in [-0.2, 0) is 16.1 Å². The number of ether oxygens (including phenoxy) is 3. The van der Waals surface area contributed by atoms with Gasteiger partial charge in [-0.3, -0.25) is 9.78 Å². The predicted molar refractivity (Wildman–Crippen MR) is 88.4 cm³/mol. The molecule has 0 fully saturated rings. The molecular formula is C18H18N2O5. The van der Waals surface area contributed by atoms with Gasteiger partial charge in [-0.1, -0.05) is 6.07 Å². The van der Waals surface area contributed by atoms with Gasteiger partial charge in [-0.2, -0.15) is 0 Å². The van der Waals surface area contributed by atoms with Crippen molar-refractivity contribution in [3.8, 4) is 11.5 Å². The fourth-order valence-corrected chi connectivity index (χ4v) is 2.35. The number of hydrogen-bond acceptors (Lipinski definition) is 6. The molecule has 1 aliphatic rings. The van der Waals surface area contributed by atoms with Crippen LogP contribution in [0.4, 0.5) is 0 Å². The lowest BCUT2D eigenvalue weighted by molar-refractivity contribution is -0.133. The number of fused-ring (bicyclic) bond motifs is 1. The van der Waals surface area contributed by atoms with Gasteiger partial charge in [0.05, 0.1) is 5.56 Å². The van der Waals surface area contributed by atoms with Gasteiger partial charge in [0.15, 0.2) is 18.1 Å². The molecule has 0 saturated heterocycles. The van der Waals surface area contributed by atoms with Crippen LogP contribution in [-0.4, -0.2) is 48.6 Å². The van der Waals surface area contributed by atoms with Crippen molar-refractivity contribution in [1.29, 1.82) is 0 Å². The number of likely N-dealkylation sites (N-methyl/N-ethyl adjacent to an activating group) is 1. The average Bonchev–Trinajstić information content (AvgIpc) is 2.66. The lowest BCUT2D eigenvalue weighted by atomic mass is 10.2. The molecule has 1 aromatic carbocycles. The molecule has 2 heterocycles. The van der Waals surface area contributed by atoms with E-state index < -0.39 is 5.97 Å². The summed E-state index contributed by atoms with van der Waals surface area (Å²) >= 11 is 0. The molecule has 0 aliphatic carbocycles. The van der Waals surface area contributed by atoms with Crippen molar-refractivity contribution in [1.82, 2.24) is 9.88 Å². The summed E-state index contributed by atoms with van der Waals surface area (Å²) in [4.78, 5) is 29.3. The smallest absolute Gasteiger partial charge is 0.340 e. The van der Waals surface area contributed by atoms with Crippen LogP contribution in [0.5, 0.6) is 11.5 Å².